The minimum Gasteiger partial charge on any atom is -0.368 e. The molecule has 0 aliphatic rings. The molecule has 14 heavy (non-hydrogen) atoms. The van der Waals surface area contributed by atoms with E-state index in [-0.39, 0.29) is 5.82 Å². The highest BCUT2D eigenvalue weighted by atomic mass is 19.1. The first-order valence-electron chi connectivity index (χ1n) is 4.95. The van der Waals surface area contributed by atoms with Crippen LogP contribution in [0.5, 0.6) is 0 Å². The van der Waals surface area contributed by atoms with Gasteiger partial charge in [0.2, 0.25) is 0 Å². The van der Waals surface area contributed by atoms with Crippen LogP contribution in [-0.4, -0.2) is 16.5 Å². The van der Waals surface area contributed by atoms with Crippen molar-refractivity contribution in [3.05, 3.63) is 17.3 Å². The zero-order chi connectivity index (χ0) is 10.6. The molecular formula is C10H16FN3. The van der Waals surface area contributed by atoms with Gasteiger partial charge < -0.3 is 5.32 Å². The maximum Gasteiger partial charge on any atom is 0.186 e. The minimum absolute atomic E-state index is 0.323. The highest BCUT2D eigenvalue weighted by Crippen LogP contribution is 2.14. The van der Waals surface area contributed by atoms with E-state index in [2.05, 4.69) is 22.2 Å². The predicted octanol–water partition coefficient (Wildman–Crippen LogP) is 2.31. The van der Waals surface area contributed by atoms with Gasteiger partial charge in [0.25, 0.3) is 0 Å². The van der Waals surface area contributed by atoms with Crippen LogP contribution in [0.4, 0.5) is 10.2 Å². The van der Waals surface area contributed by atoms with Gasteiger partial charge >= 0.3 is 0 Å². The quantitative estimate of drug-likeness (QED) is 0.804. The van der Waals surface area contributed by atoms with Crippen molar-refractivity contribution < 1.29 is 4.39 Å². The fourth-order valence-corrected chi connectivity index (χ4v) is 1.24. The van der Waals surface area contributed by atoms with Crippen molar-refractivity contribution in [2.75, 3.05) is 11.9 Å². The average molecular weight is 197 g/mol. The van der Waals surface area contributed by atoms with Gasteiger partial charge in [-0.2, -0.15) is 0 Å². The zero-order valence-corrected chi connectivity index (χ0v) is 8.89. The summed E-state index contributed by atoms with van der Waals surface area (Å²) in [6.45, 7) is 6.29. The van der Waals surface area contributed by atoms with Crippen LogP contribution in [-0.2, 0) is 6.42 Å². The molecule has 1 heterocycles. The smallest absolute Gasteiger partial charge is 0.186 e. The lowest BCUT2D eigenvalue weighted by Crippen LogP contribution is -2.08. The number of halogens is 1. The topological polar surface area (TPSA) is 37.8 Å². The van der Waals surface area contributed by atoms with Crippen molar-refractivity contribution in [3.8, 4) is 0 Å². The highest BCUT2D eigenvalue weighted by molar-refractivity contribution is 5.37. The van der Waals surface area contributed by atoms with Gasteiger partial charge in [-0.05, 0) is 20.3 Å². The molecule has 0 aliphatic heterocycles. The summed E-state index contributed by atoms with van der Waals surface area (Å²) in [5.41, 5.74) is 0.416. The molecule has 0 radical (unpaired) electrons. The number of anilines is 1. The molecule has 0 saturated heterocycles. The van der Waals surface area contributed by atoms with Crippen molar-refractivity contribution in [3.63, 3.8) is 0 Å². The first-order valence-corrected chi connectivity index (χ1v) is 4.95. The van der Waals surface area contributed by atoms with Gasteiger partial charge in [-0.25, -0.2) is 14.4 Å². The summed E-state index contributed by atoms with van der Waals surface area (Å²) < 4.78 is 13.4. The maximum absolute atomic E-state index is 13.4. The van der Waals surface area contributed by atoms with Gasteiger partial charge in [0.15, 0.2) is 11.6 Å². The van der Waals surface area contributed by atoms with E-state index < -0.39 is 0 Å². The molecule has 4 heteroatoms. The van der Waals surface area contributed by atoms with Crippen molar-refractivity contribution >= 4 is 5.82 Å². The normalized spacial score (nSPS) is 10.3. The van der Waals surface area contributed by atoms with Crippen LogP contribution in [0.15, 0.2) is 0 Å². The third kappa shape index (κ3) is 2.40. The first kappa shape index (κ1) is 10.9. The summed E-state index contributed by atoms with van der Waals surface area (Å²) in [4.78, 5) is 8.19. The van der Waals surface area contributed by atoms with Crippen LogP contribution < -0.4 is 5.32 Å². The fraction of sp³-hybridized carbons (Fsp3) is 0.600. The molecule has 0 fully saturated rings. The van der Waals surface area contributed by atoms with E-state index in [1.54, 1.807) is 6.92 Å². The molecule has 1 aromatic heterocycles. The Kier molecular flexibility index (Phi) is 3.80. The van der Waals surface area contributed by atoms with E-state index in [4.69, 9.17) is 0 Å². The Hall–Kier alpha value is -1.19. The highest BCUT2D eigenvalue weighted by Gasteiger charge is 2.09. The molecule has 0 unspecified atom stereocenters. The summed E-state index contributed by atoms with van der Waals surface area (Å²) in [6, 6.07) is 0. The molecule has 0 spiro atoms. The summed E-state index contributed by atoms with van der Waals surface area (Å²) in [7, 11) is 0. The van der Waals surface area contributed by atoms with Crippen LogP contribution in [0.3, 0.4) is 0 Å². The fourth-order valence-electron chi connectivity index (χ4n) is 1.24. The standard InChI is InChI=1S/C10H16FN3/c1-4-6-8-13-7(3)9(11)10(14-8)12-5-2/h4-6H2,1-3H3,(H,12,13,14). The Morgan fingerprint density at radius 2 is 2.00 bits per heavy atom. The molecule has 0 saturated carbocycles. The molecule has 1 N–H and O–H groups in total. The molecule has 1 rings (SSSR count). The van der Waals surface area contributed by atoms with Gasteiger partial charge in [-0.3, -0.25) is 0 Å². The number of hydrogen-bond acceptors (Lipinski definition) is 3. The van der Waals surface area contributed by atoms with Crippen LogP contribution >= 0.6 is 0 Å². The molecule has 0 aliphatic carbocycles. The molecule has 0 amide bonds. The van der Waals surface area contributed by atoms with E-state index in [0.717, 1.165) is 12.8 Å². The van der Waals surface area contributed by atoms with E-state index in [9.17, 15) is 4.39 Å². The molecule has 0 atom stereocenters. The summed E-state index contributed by atoms with van der Waals surface area (Å²) in [5, 5.41) is 2.89. The Morgan fingerprint density at radius 3 is 2.57 bits per heavy atom. The predicted molar refractivity (Wildman–Crippen MR) is 54.9 cm³/mol. The van der Waals surface area contributed by atoms with Gasteiger partial charge in [-0.1, -0.05) is 6.92 Å². The summed E-state index contributed by atoms with van der Waals surface area (Å²) >= 11 is 0. The lowest BCUT2D eigenvalue weighted by atomic mass is 10.3. The second kappa shape index (κ2) is 4.88. The van der Waals surface area contributed by atoms with Crippen LogP contribution in [0, 0.1) is 12.7 Å². The van der Waals surface area contributed by atoms with Gasteiger partial charge in [0, 0.05) is 13.0 Å². The lowest BCUT2D eigenvalue weighted by Gasteiger charge is -2.07. The third-order valence-electron chi connectivity index (χ3n) is 1.88. The van der Waals surface area contributed by atoms with Crippen LogP contribution in [0.25, 0.3) is 0 Å². The first-order chi connectivity index (χ1) is 6.69. The number of nitrogens with zero attached hydrogens (tertiary/aromatic N) is 2. The number of nitrogens with one attached hydrogen (secondary N) is 1. The van der Waals surface area contributed by atoms with E-state index >= 15 is 0 Å². The summed E-state index contributed by atoms with van der Waals surface area (Å²) in [6.07, 6.45) is 1.76. The SMILES string of the molecule is CCCc1nc(C)c(F)c(NCC)n1. The Bertz CT molecular complexity index is 312. The number of hydrogen-bond donors (Lipinski definition) is 1. The van der Waals surface area contributed by atoms with Gasteiger partial charge in [-0.15, -0.1) is 0 Å². The Morgan fingerprint density at radius 1 is 1.29 bits per heavy atom. The number of aryl methyl sites for hydroxylation is 2. The van der Waals surface area contributed by atoms with Gasteiger partial charge in [0.05, 0.1) is 5.69 Å². The van der Waals surface area contributed by atoms with E-state index in [1.165, 1.54) is 0 Å². The average Bonchev–Trinajstić information content (AvgIpc) is 2.14. The van der Waals surface area contributed by atoms with Crippen LogP contribution in [0.1, 0.15) is 31.8 Å². The maximum atomic E-state index is 13.4. The van der Waals surface area contributed by atoms with Crippen molar-refractivity contribution in [1.29, 1.82) is 0 Å². The van der Waals surface area contributed by atoms with Gasteiger partial charge in [0.1, 0.15) is 5.82 Å². The Labute approximate surface area is 83.8 Å². The van der Waals surface area contributed by atoms with E-state index in [1.807, 2.05) is 6.92 Å². The molecule has 78 valence electrons. The number of aromatic nitrogens is 2. The second-order valence-electron chi connectivity index (χ2n) is 3.17. The van der Waals surface area contributed by atoms with E-state index in [0.29, 0.717) is 23.9 Å². The number of rotatable bonds is 4. The molecule has 3 nitrogen and oxygen atoms in total. The third-order valence-corrected chi connectivity index (χ3v) is 1.88. The summed E-state index contributed by atoms with van der Waals surface area (Å²) in [5.74, 6) is 0.692. The van der Waals surface area contributed by atoms with Crippen molar-refractivity contribution in [2.45, 2.75) is 33.6 Å². The molecule has 0 aromatic carbocycles. The van der Waals surface area contributed by atoms with Crippen molar-refractivity contribution in [1.82, 2.24) is 9.97 Å². The largest absolute Gasteiger partial charge is 0.368 e. The lowest BCUT2D eigenvalue weighted by molar-refractivity contribution is 0.599. The monoisotopic (exact) mass is 197 g/mol. The zero-order valence-electron chi connectivity index (χ0n) is 8.89. The molecule has 0 bridgehead atoms. The second-order valence-corrected chi connectivity index (χ2v) is 3.17. The molecule has 1 aromatic rings. The van der Waals surface area contributed by atoms with Crippen molar-refractivity contribution in [2.24, 2.45) is 0 Å². The molecular weight excluding hydrogens is 181 g/mol. The Balaban J connectivity index is 3.01. The van der Waals surface area contributed by atoms with Crippen LogP contribution in [0.2, 0.25) is 0 Å². The minimum atomic E-state index is -0.341.